The fraction of sp³-hybridized carbons (Fsp3) is 0.412. The quantitative estimate of drug-likeness (QED) is 0.719. The van der Waals surface area contributed by atoms with Crippen LogP contribution in [0.15, 0.2) is 46.9 Å². The van der Waals surface area contributed by atoms with E-state index >= 15 is 0 Å². The number of ether oxygens (including phenoxy) is 2. The molecule has 2 rings (SSSR count). The van der Waals surface area contributed by atoms with E-state index < -0.39 is 0 Å². The SMILES string of the molecule is CC(C)NCc1ccc(COCCOc2ccccc2)o1. The van der Waals surface area contributed by atoms with Gasteiger partial charge in [-0.2, -0.15) is 0 Å². The Kier molecular flexibility index (Phi) is 6.31. The maximum atomic E-state index is 5.67. The minimum Gasteiger partial charge on any atom is -0.491 e. The summed E-state index contributed by atoms with van der Waals surface area (Å²) in [5.41, 5.74) is 0. The van der Waals surface area contributed by atoms with Crippen molar-refractivity contribution in [1.29, 1.82) is 0 Å². The molecule has 1 N–H and O–H groups in total. The van der Waals surface area contributed by atoms with Gasteiger partial charge >= 0.3 is 0 Å². The van der Waals surface area contributed by atoms with E-state index in [1.54, 1.807) is 0 Å². The first-order valence-electron chi connectivity index (χ1n) is 7.30. The first-order valence-corrected chi connectivity index (χ1v) is 7.30. The number of nitrogens with one attached hydrogen (secondary N) is 1. The minimum atomic E-state index is 0.449. The maximum absolute atomic E-state index is 5.67. The highest BCUT2D eigenvalue weighted by Crippen LogP contribution is 2.10. The van der Waals surface area contributed by atoms with Crippen molar-refractivity contribution in [3.05, 3.63) is 54.0 Å². The van der Waals surface area contributed by atoms with Crippen molar-refractivity contribution < 1.29 is 13.9 Å². The minimum absolute atomic E-state index is 0.449. The molecule has 0 amide bonds. The summed E-state index contributed by atoms with van der Waals surface area (Å²) < 4.78 is 16.8. The van der Waals surface area contributed by atoms with Crippen molar-refractivity contribution in [2.45, 2.75) is 33.0 Å². The van der Waals surface area contributed by atoms with Gasteiger partial charge in [0, 0.05) is 6.04 Å². The summed E-state index contributed by atoms with van der Waals surface area (Å²) in [6.45, 7) is 6.51. The second-order valence-corrected chi connectivity index (χ2v) is 5.12. The smallest absolute Gasteiger partial charge is 0.129 e. The van der Waals surface area contributed by atoms with Crippen LogP contribution in [-0.2, 0) is 17.9 Å². The van der Waals surface area contributed by atoms with E-state index in [-0.39, 0.29) is 0 Å². The third-order valence-electron chi connectivity index (χ3n) is 2.89. The molecule has 0 aliphatic heterocycles. The summed E-state index contributed by atoms with van der Waals surface area (Å²) in [7, 11) is 0. The molecule has 0 bridgehead atoms. The van der Waals surface area contributed by atoms with Crippen molar-refractivity contribution in [2.75, 3.05) is 13.2 Å². The van der Waals surface area contributed by atoms with E-state index in [4.69, 9.17) is 13.9 Å². The number of para-hydroxylation sites is 1. The van der Waals surface area contributed by atoms with E-state index in [9.17, 15) is 0 Å². The molecule has 1 aromatic carbocycles. The van der Waals surface area contributed by atoms with Gasteiger partial charge in [0.1, 0.15) is 30.5 Å². The zero-order valence-corrected chi connectivity index (χ0v) is 12.7. The monoisotopic (exact) mass is 289 g/mol. The second-order valence-electron chi connectivity index (χ2n) is 5.12. The summed E-state index contributed by atoms with van der Waals surface area (Å²) in [6, 6.07) is 14.1. The topological polar surface area (TPSA) is 43.6 Å². The van der Waals surface area contributed by atoms with Gasteiger partial charge in [-0.1, -0.05) is 32.0 Å². The van der Waals surface area contributed by atoms with Crippen LogP contribution in [-0.4, -0.2) is 19.3 Å². The zero-order chi connectivity index (χ0) is 14.9. The molecule has 0 spiro atoms. The van der Waals surface area contributed by atoms with Crippen LogP contribution in [0, 0.1) is 0 Å². The summed E-state index contributed by atoms with van der Waals surface area (Å²) in [5, 5.41) is 3.32. The van der Waals surface area contributed by atoms with Crippen molar-refractivity contribution >= 4 is 0 Å². The fourth-order valence-electron chi connectivity index (χ4n) is 1.81. The third kappa shape index (κ3) is 6.02. The highest BCUT2D eigenvalue weighted by molar-refractivity contribution is 5.20. The molecule has 0 aliphatic carbocycles. The van der Waals surface area contributed by atoms with Gasteiger partial charge in [-0.15, -0.1) is 0 Å². The molecule has 0 fully saturated rings. The Morgan fingerprint density at radius 3 is 2.52 bits per heavy atom. The number of rotatable bonds is 9. The first-order chi connectivity index (χ1) is 10.2. The Labute approximate surface area is 126 Å². The lowest BCUT2D eigenvalue weighted by atomic mass is 10.3. The average Bonchev–Trinajstić information content (AvgIpc) is 2.94. The van der Waals surface area contributed by atoms with Crippen LogP contribution in [0.2, 0.25) is 0 Å². The predicted molar refractivity (Wildman–Crippen MR) is 82.3 cm³/mol. The van der Waals surface area contributed by atoms with Gasteiger partial charge in [0.05, 0.1) is 13.2 Å². The number of hydrogen-bond acceptors (Lipinski definition) is 4. The zero-order valence-electron chi connectivity index (χ0n) is 12.7. The van der Waals surface area contributed by atoms with E-state index in [0.29, 0.717) is 25.9 Å². The molecular formula is C17H23NO3. The highest BCUT2D eigenvalue weighted by atomic mass is 16.5. The Bertz CT molecular complexity index is 508. The molecule has 1 heterocycles. The third-order valence-corrected chi connectivity index (χ3v) is 2.89. The molecule has 0 unspecified atom stereocenters. The van der Waals surface area contributed by atoms with Gasteiger partial charge in [-0.05, 0) is 24.3 Å². The van der Waals surface area contributed by atoms with Crippen LogP contribution < -0.4 is 10.1 Å². The number of furan rings is 1. The lowest BCUT2D eigenvalue weighted by Gasteiger charge is -2.06. The highest BCUT2D eigenvalue weighted by Gasteiger charge is 2.03. The molecule has 1 aromatic heterocycles. The first kappa shape index (κ1) is 15.6. The number of benzene rings is 1. The molecular weight excluding hydrogens is 266 g/mol. The van der Waals surface area contributed by atoms with Crippen LogP contribution in [0.4, 0.5) is 0 Å². The lowest BCUT2D eigenvalue weighted by Crippen LogP contribution is -2.21. The normalized spacial score (nSPS) is 11.0. The molecule has 4 heteroatoms. The summed E-state index contributed by atoms with van der Waals surface area (Å²) in [6.07, 6.45) is 0. The summed E-state index contributed by atoms with van der Waals surface area (Å²) >= 11 is 0. The largest absolute Gasteiger partial charge is 0.491 e. The van der Waals surface area contributed by atoms with Crippen molar-refractivity contribution in [2.24, 2.45) is 0 Å². The van der Waals surface area contributed by atoms with E-state index in [2.05, 4.69) is 19.2 Å². The molecule has 21 heavy (non-hydrogen) atoms. The fourth-order valence-corrected chi connectivity index (χ4v) is 1.81. The summed E-state index contributed by atoms with van der Waals surface area (Å²) in [5.74, 6) is 2.64. The average molecular weight is 289 g/mol. The molecule has 0 saturated carbocycles. The van der Waals surface area contributed by atoms with Gasteiger partial charge in [0.2, 0.25) is 0 Å². The van der Waals surface area contributed by atoms with Gasteiger partial charge < -0.3 is 19.2 Å². The molecule has 0 atom stereocenters. The van der Waals surface area contributed by atoms with Crippen LogP contribution >= 0.6 is 0 Å². The van der Waals surface area contributed by atoms with E-state index in [1.807, 2.05) is 42.5 Å². The second kappa shape index (κ2) is 8.49. The molecule has 2 aromatic rings. The van der Waals surface area contributed by atoms with Crippen molar-refractivity contribution in [3.63, 3.8) is 0 Å². The molecule has 114 valence electrons. The standard InChI is InChI=1S/C17H23NO3/c1-14(2)18-12-16-8-9-17(21-16)13-19-10-11-20-15-6-4-3-5-7-15/h3-9,14,18H,10-13H2,1-2H3. The maximum Gasteiger partial charge on any atom is 0.129 e. The van der Waals surface area contributed by atoms with Crippen LogP contribution in [0.25, 0.3) is 0 Å². The Morgan fingerprint density at radius 2 is 1.76 bits per heavy atom. The Morgan fingerprint density at radius 1 is 1.00 bits per heavy atom. The lowest BCUT2D eigenvalue weighted by molar-refractivity contribution is 0.0774. The van der Waals surface area contributed by atoms with Gasteiger partial charge in [-0.25, -0.2) is 0 Å². The van der Waals surface area contributed by atoms with Crippen LogP contribution in [0.1, 0.15) is 25.4 Å². The Balaban J connectivity index is 1.60. The molecule has 0 aliphatic rings. The Hall–Kier alpha value is -1.78. The molecule has 0 saturated heterocycles. The van der Waals surface area contributed by atoms with Crippen LogP contribution in [0.5, 0.6) is 5.75 Å². The van der Waals surface area contributed by atoms with Gasteiger partial charge in [0.15, 0.2) is 0 Å². The molecule has 4 nitrogen and oxygen atoms in total. The van der Waals surface area contributed by atoms with Crippen molar-refractivity contribution in [3.8, 4) is 5.75 Å². The van der Waals surface area contributed by atoms with Crippen molar-refractivity contribution in [1.82, 2.24) is 5.32 Å². The van der Waals surface area contributed by atoms with E-state index in [1.165, 1.54) is 0 Å². The predicted octanol–water partition coefficient (Wildman–Crippen LogP) is 3.37. The van der Waals surface area contributed by atoms with Gasteiger partial charge in [-0.3, -0.25) is 0 Å². The summed E-state index contributed by atoms with van der Waals surface area (Å²) in [4.78, 5) is 0. The molecule has 0 radical (unpaired) electrons. The van der Waals surface area contributed by atoms with E-state index in [0.717, 1.165) is 23.8 Å². The van der Waals surface area contributed by atoms with Crippen LogP contribution in [0.3, 0.4) is 0 Å². The number of hydrogen-bond donors (Lipinski definition) is 1. The van der Waals surface area contributed by atoms with Gasteiger partial charge in [0.25, 0.3) is 0 Å².